The molecule has 2 N–H and O–H groups in total. The van der Waals surface area contributed by atoms with Crippen LogP contribution < -0.4 is 14.2 Å². The van der Waals surface area contributed by atoms with Gasteiger partial charge in [0.05, 0.1) is 24.2 Å². The highest BCUT2D eigenvalue weighted by molar-refractivity contribution is 7.89. The van der Waals surface area contributed by atoms with Gasteiger partial charge in [0.15, 0.2) is 11.5 Å². The van der Waals surface area contributed by atoms with Crippen molar-refractivity contribution in [2.45, 2.75) is 37.2 Å². The topological polar surface area (TPSA) is 84.9 Å². The molecule has 1 aliphatic rings. The number of sulfonamides is 1. The fraction of sp³-hybridized carbons (Fsp3) is 0.571. The molecule has 0 radical (unpaired) electrons. The Morgan fingerprint density at radius 3 is 2.71 bits per heavy atom. The quantitative estimate of drug-likeness (QED) is 0.826. The number of benzene rings is 1. The van der Waals surface area contributed by atoms with Crippen LogP contribution in [0.4, 0.5) is 0 Å². The smallest absolute Gasteiger partial charge is 0.240 e. The molecule has 0 saturated carbocycles. The van der Waals surface area contributed by atoms with Crippen molar-refractivity contribution in [1.29, 1.82) is 0 Å². The Morgan fingerprint density at radius 2 is 2.00 bits per heavy atom. The zero-order valence-corrected chi connectivity index (χ0v) is 12.9. The zero-order chi connectivity index (χ0) is 15.3. The minimum Gasteiger partial charge on any atom is -0.490 e. The van der Waals surface area contributed by atoms with Gasteiger partial charge >= 0.3 is 0 Å². The van der Waals surface area contributed by atoms with Gasteiger partial charge in [-0.3, -0.25) is 0 Å². The van der Waals surface area contributed by atoms with E-state index in [4.69, 9.17) is 9.47 Å². The molecule has 0 bridgehead atoms. The summed E-state index contributed by atoms with van der Waals surface area (Å²) >= 11 is 0. The van der Waals surface area contributed by atoms with Gasteiger partial charge < -0.3 is 14.6 Å². The van der Waals surface area contributed by atoms with Crippen LogP contribution in [0.5, 0.6) is 11.5 Å². The van der Waals surface area contributed by atoms with Gasteiger partial charge in [-0.25, -0.2) is 13.1 Å². The predicted octanol–water partition coefficient (Wildman–Crippen LogP) is 1.29. The van der Waals surface area contributed by atoms with Gasteiger partial charge in [0.2, 0.25) is 10.0 Å². The highest BCUT2D eigenvalue weighted by atomic mass is 32.2. The second-order valence-electron chi connectivity index (χ2n) is 4.91. The molecule has 1 atom stereocenters. The number of ether oxygens (including phenoxy) is 2. The van der Waals surface area contributed by atoms with Crippen LogP contribution in [0.25, 0.3) is 0 Å². The Bertz CT molecular complexity index is 573. The molecule has 21 heavy (non-hydrogen) atoms. The second kappa shape index (κ2) is 7.11. The summed E-state index contributed by atoms with van der Waals surface area (Å²) in [5, 5.41) is 9.44. The van der Waals surface area contributed by atoms with Crippen molar-refractivity contribution in [1.82, 2.24) is 4.72 Å². The molecule has 0 aromatic heterocycles. The van der Waals surface area contributed by atoms with Crippen LogP contribution in [0.3, 0.4) is 0 Å². The predicted molar refractivity (Wildman–Crippen MR) is 78.2 cm³/mol. The lowest BCUT2D eigenvalue weighted by Crippen LogP contribution is -2.27. The van der Waals surface area contributed by atoms with Crippen LogP contribution in [0, 0.1) is 0 Å². The van der Waals surface area contributed by atoms with Gasteiger partial charge in [0, 0.05) is 19.0 Å². The van der Waals surface area contributed by atoms with E-state index >= 15 is 0 Å². The highest BCUT2D eigenvalue weighted by Gasteiger charge is 2.18. The van der Waals surface area contributed by atoms with Crippen LogP contribution in [-0.4, -0.2) is 39.4 Å². The molecule has 2 rings (SSSR count). The third-order valence-electron chi connectivity index (χ3n) is 3.27. The number of aliphatic hydroxyl groups excluding tert-OH is 1. The van der Waals surface area contributed by atoms with Crippen molar-refractivity contribution >= 4 is 10.0 Å². The Labute approximate surface area is 125 Å². The van der Waals surface area contributed by atoms with E-state index in [2.05, 4.69) is 4.72 Å². The van der Waals surface area contributed by atoms with E-state index in [9.17, 15) is 13.5 Å². The van der Waals surface area contributed by atoms with Crippen LogP contribution in [-0.2, 0) is 10.0 Å². The van der Waals surface area contributed by atoms with Crippen molar-refractivity contribution in [3.8, 4) is 11.5 Å². The van der Waals surface area contributed by atoms with Gasteiger partial charge in [0.25, 0.3) is 0 Å². The number of nitrogens with one attached hydrogen (secondary N) is 1. The molecule has 1 aromatic carbocycles. The molecule has 6 nitrogen and oxygen atoms in total. The van der Waals surface area contributed by atoms with Gasteiger partial charge in [-0.15, -0.1) is 0 Å². The summed E-state index contributed by atoms with van der Waals surface area (Å²) < 4.78 is 37.8. The minimum atomic E-state index is -3.61. The molecule has 0 saturated heterocycles. The lowest BCUT2D eigenvalue weighted by atomic mass is 10.2. The number of rotatable bonds is 6. The molecule has 0 amide bonds. The van der Waals surface area contributed by atoms with Gasteiger partial charge in [-0.05, 0) is 25.0 Å². The molecule has 118 valence electrons. The van der Waals surface area contributed by atoms with Gasteiger partial charge in [-0.2, -0.15) is 0 Å². The molecular weight excluding hydrogens is 294 g/mol. The summed E-state index contributed by atoms with van der Waals surface area (Å²) in [4.78, 5) is 0.137. The Kier molecular flexibility index (Phi) is 5.44. The maximum atomic E-state index is 12.2. The normalized spacial score (nSPS) is 16.3. The summed E-state index contributed by atoms with van der Waals surface area (Å²) in [6, 6.07) is 4.57. The van der Waals surface area contributed by atoms with E-state index in [1.807, 2.05) is 6.92 Å². The maximum Gasteiger partial charge on any atom is 0.240 e. The second-order valence-corrected chi connectivity index (χ2v) is 6.67. The van der Waals surface area contributed by atoms with Crippen LogP contribution in [0.15, 0.2) is 23.1 Å². The van der Waals surface area contributed by atoms with Crippen molar-refractivity contribution in [2.24, 2.45) is 0 Å². The van der Waals surface area contributed by atoms with Crippen LogP contribution in [0.2, 0.25) is 0 Å². The monoisotopic (exact) mass is 315 g/mol. The number of hydrogen-bond donors (Lipinski definition) is 2. The first-order valence-electron chi connectivity index (χ1n) is 7.10. The minimum absolute atomic E-state index is 0.137. The molecule has 0 fully saturated rings. The summed E-state index contributed by atoms with van der Waals surface area (Å²) in [6.45, 7) is 3.12. The molecule has 1 unspecified atom stereocenters. The van der Waals surface area contributed by atoms with E-state index in [0.717, 1.165) is 6.42 Å². The Hall–Kier alpha value is -1.31. The van der Waals surface area contributed by atoms with E-state index < -0.39 is 16.1 Å². The fourth-order valence-corrected chi connectivity index (χ4v) is 3.02. The third-order valence-corrected chi connectivity index (χ3v) is 4.73. The van der Waals surface area contributed by atoms with E-state index in [-0.39, 0.29) is 11.4 Å². The molecular formula is C14H21NO5S. The summed E-state index contributed by atoms with van der Waals surface area (Å²) in [5.74, 6) is 1.01. The zero-order valence-electron chi connectivity index (χ0n) is 12.0. The molecule has 7 heteroatoms. The van der Waals surface area contributed by atoms with Crippen molar-refractivity contribution in [3.63, 3.8) is 0 Å². The summed E-state index contributed by atoms with van der Waals surface area (Å²) in [6.07, 6.45) is 1.27. The van der Waals surface area contributed by atoms with Crippen molar-refractivity contribution in [2.75, 3.05) is 19.8 Å². The van der Waals surface area contributed by atoms with Crippen molar-refractivity contribution in [3.05, 3.63) is 18.2 Å². The maximum absolute atomic E-state index is 12.2. The van der Waals surface area contributed by atoms with Gasteiger partial charge in [0.1, 0.15) is 0 Å². The largest absolute Gasteiger partial charge is 0.490 e. The average molecular weight is 315 g/mol. The highest BCUT2D eigenvalue weighted by Crippen LogP contribution is 2.31. The standard InChI is InChI=1S/C14H21NO5S/c1-2-11(16)6-7-15-21(17,18)12-4-5-13-14(10-12)20-9-3-8-19-13/h4-5,10-11,15-16H,2-3,6-9H2,1H3. The average Bonchev–Trinajstić information content (AvgIpc) is 2.71. The Balaban J connectivity index is 2.07. The fourth-order valence-electron chi connectivity index (χ4n) is 1.96. The molecule has 1 heterocycles. The molecule has 1 aliphatic heterocycles. The first kappa shape index (κ1) is 16.1. The summed E-state index contributed by atoms with van der Waals surface area (Å²) in [7, 11) is -3.61. The van der Waals surface area contributed by atoms with Gasteiger partial charge in [-0.1, -0.05) is 6.92 Å². The first-order chi connectivity index (χ1) is 10.0. The number of fused-ring (bicyclic) bond motifs is 1. The van der Waals surface area contributed by atoms with Crippen LogP contribution >= 0.6 is 0 Å². The SMILES string of the molecule is CCC(O)CCNS(=O)(=O)c1ccc2c(c1)OCCCO2. The Morgan fingerprint density at radius 1 is 1.29 bits per heavy atom. The third kappa shape index (κ3) is 4.33. The lowest BCUT2D eigenvalue weighted by Gasteiger charge is -2.12. The van der Waals surface area contributed by atoms with E-state index in [1.165, 1.54) is 12.1 Å². The molecule has 0 aliphatic carbocycles. The number of hydrogen-bond acceptors (Lipinski definition) is 5. The number of aliphatic hydroxyl groups is 1. The first-order valence-corrected chi connectivity index (χ1v) is 8.58. The molecule has 0 spiro atoms. The van der Waals surface area contributed by atoms with Crippen molar-refractivity contribution < 1.29 is 23.0 Å². The van der Waals surface area contributed by atoms with E-state index in [0.29, 0.717) is 37.6 Å². The lowest BCUT2D eigenvalue weighted by molar-refractivity contribution is 0.162. The van der Waals surface area contributed by atoms with Crippen LogP contribution in [0.1, 0.15) is 26.2 Å². The summed E-state index contributed by atoms with van der Waals surface area (Å²) in [5.41, 5.74) is 0. The van der Waals surface area contributed by atoms with E-state index in [1.54, 1.807) is 6.07 Å². The molecule has 1 aromatic rings.